The second-order valence-electron chi connectivity index (χ2n) is 5.48. The standard InChI is InChI=1S/C18H17F3N2O4S/c1-3-27-17(24)8-7-14-5-4-6-16(23-14)12-9-13(18(19,20)21)11-15(10-12)28(25,26)22-2/h4-11,22H,3H2,1-2H3/b8-7+. The molecule has 0 aliphatic heterocycles. The van der Waals surface area contributed by atoms with Crippen molar-refractivity contribution in [1.29, 1.82) is 0 Å². The van der Waals surface area contributed by atoms with Gasteiger partial charge in [0.15, 0.2) is 0 Å². The summed E-state index contributed by atoms with van der Waals surface area (Å²) in [6.45, 7) is 1.85. The molecule has 0 bridgehead atoms. The van der Waals surface area contributed by atoms with Crippen molar-refractivity contribution in [2.24, 2.45) is 0 Å². The monoisotopic (exact) mass is 414 g/mol. The summed E-state index contributed by atoms with van der Waals surface area (Å²) in [5, 5.41) is 0. The molecule has 1 heterocycles. The number of carbonyl (C=O) groups is 1. The van der Waals surface area contributed by atoms with E-state index in [2.05, 4.69) is 4.98 Å². The van der Waals surface area contributed by atoms with E-state index in [1.807, 2.05) is 4.72 Å². The van der Waals surface area contributed by atoms with E-state index in [0.29, 0.717) is 11.8 Å². The van der Waals surface area contributed by atoms with Gasteiger partial charge in [-0.15, -0.1) is 0 Å². The van der Waals surface area contributed by atoms with Crippen molar-refractivity contribution in [1.82, 2.24) is 9.71 Å². The first-order valence-electron chi connectivity index (χ1n) is 8.05. The van der Waals surface area contributed by atoms with E-state index in [4.69, 9.17) is 4.74 Å². The van der Waals surface area contributed by atoms with Crippen LogP contribution in [-0.4, -0.2) is 33.0 Å². The summed E-state index contributed by atoms with van der Waals surface area (Å²) in [4.78, 5) is 15.0. The predicted molar refractivity (Wildman–Crippen MR) is 96.6 cm³/mol. The van der Waals surface area contributed by atoms with Crippen LogP contribution < -0.4 is 4.72 Å². The van der Waals surface area contributed by atoms with Gasteiger partial charge in [-0.2, -0.15) is 13.2 Å². The van der Waals surface area contributed by atoms with E-state index < -0.39 is 32.6 Å². The molecule has 0 amide bonds. The molecular weight excluding hydrogens is 397 g/mol. The topological polar surface area (TPSA) is 85.4 Å². The second-order valence-corrected chi connectivity index (χ2v) is 7.37. The maximum absolute atomic E-state index is 13.2. The molecule has 10 heteroatoms. The average molecular weight is 414 g/mol. The van der Waals surface area contributed by atoms with Gasteiger partial charge in [0.2, 0.25) is 10.0 Å². The molecule has 0 unspecified atom stereocenters. The minimum absolute atomic E-state index is 0.0324. The number of hydrogen-bond acceptors (Lipinski definition) is 5. The molecule has 2 rings (SSSR count). The van der Waals surface area contributed by atoms with Crippen LogP contribution in [0.25, 0.3) is 17.3 Å². The molecule has 0 saturated heterocycles. The van der Waals surface area contributed by atoms with Gasteiger partial charge in [-0.25, -0.2) is 22.9 Å². The van der Waals surface area contributed by atoms with Gasteiger partial charge < -0.3 is 4.74 Å². The fourth-order valence-electron chi connectivity index (χ4n) is 2.23. The lowest BCUT2D eigenvalue weighted by Gasteiger charge is -2.12. The number of ether oxygens (including phenoxy) is 1. The third-order valence-corrected chi connectivity index (χ3v) is 4.95. The number of alkyl halides is 3. The normalized spacial score (nSPS) is 12.3. The molecule has 6 nitrogen and oxygen atoms in total. The van der Waals surface area contributed by atoms with Gasteiger partial charge in [0.25, 0.3) is 0 Å². The Hall–Kier alpha value is -2.72. The molecule has 2 aromatic rings. The van der Waals surface area contributed by atoms with Gasteiger partial charge in [0.1, 0.15) is 0 Å². The highest BCUT2D eigenvalue weighted by molar-refractivity contribution is 7.89. The molecule has 0 fully saturated rings. The number of carbonyl (C=O) groups excluding carboxylic acids is 1. The average Bonchev–Trinajstić information content (AvgIpc) is 2.66. The number of rotatable bonds is 6. The largest absolute Gasteiger partial charge is 0.463 e. The summed E-state index contributed by atoms with van der Waals surface area (Å²) in [5.74, 6) is -0.587. The second kappa shape index (κ2) is 8.53. The van der Waals surface area contributed by atoms with Crippen LogP contribution in [0.5, 0.6) is 0 Å². The van der Waals surface area contributed by atoms with Crippen LogP contribution in [0.15, 0.2) is 47.4 Å². The lowest BCUT2D eigenvalue weighted by atomic mass is 10.1. The lowest BCUT2D eigenvalue weighted by molar-refractivity contribution is -0.138. The first kappa shape index (κ1) is 21.6. The van der Waals surface area contributed by atoms with E-state index >= 15 is 0 Å². The number of esters is 1. The summed E-state index contributed by atoms with van der Waals surface area (Å²) in [5.41, 5.74) is -0.742. The molecule has 28 heavy (non-hydrogen) atoms. The van der Waals surface area contributed by atoms with E-state index in [0.717, 1.165) is 25.3 Å². The van der Waals surface area contributed by atoms with Crippen LogP contribution in [-0.2, 0) is 25.7 Å². The summed E-state index contributed by atoms with van der Waals surface area (Å²) in [7, 11) is -3.00. The number of nitrogens with zero attached hydrogens (tertiary/aromatic N) is 1. The van der Waals surface area contributed by atoms with Crippen molar-refractivity contribution < 1.29 is 31.1 Å². The molecule has 1 N–H and O–H groups in total. The Labute approximate surface area is 160 Å². The smallest absolute Gasteiger partial charge is 0.416 e. The number of halogens is 3. The van der Waals surface area contributed by atoms with Crippen molar-refractivity contribution >= 4 is 22.1 Å². The van der Waals surface area contributed by atoms with Crippen molar-refractivity contribution in [2.45, 2.75) is 18.0 Å². The summed E-state index contributed by atoms with van der Waals surface area (Å²) in [6, 6.07) is 6.97. The lowest BCUT2D eigenvalue weighted by Crippen LogP contribution is -2.19. The Bertz CT molecular complexity index is 1000. The number of pyridine rings is 1. The third-order valence-electron chi connectivity index (χ3n) is 3.56. The fourth-order valence-corrected chi connectivity index (χ4v) is 3.03. The van der Waals surface area contributed by atoms with Gasteiger partial charge >= 0.3 is 12.1 Å². The Morgan fingerprint density at radius 2 is 1.96 bits per heavy atom. The third kappa shape index (κ3) is 5.40. The van der Waals surface area contributed by atoms with Gasteiger partial charge in [-0.05, 0) is 50.4 Å². The molecule has 0 radical (unpaired) electrons. The van der Waals surface area contributed by atoms with Crippen LogP contribution in [0.3, 0.4) is 0 Å². The molecule has 150 valence electrons. The highest BCUT2D eigenvalue weighted by Crippen LogP contribution is 2.34. The minimum atomic E-state index is -4.74. The van der Waals surface area contributed by atoms with Gasteiger partial charge in [-0.3, -0.25) is 0 Å². The van der Waals surface area contributed by atoms with Crippen molar-refractivity contribution in [2.75, 3.05) is 13.7 Å². The minimum Gasteiger partial charge on any atom is -0.463 e. The zero-order chi connectivity index (χ0) is 20.9. The van der Waals surface area contributed by atoms with Gasteiger partial charge in [-0.1, -0.05) is 6.07 Å². The molecule has 0 aliphatic carbocycles. The quantitative estimate of drug-likeness (QED) is 0.579. The Morgan fingerprint density at radius 1 is 1.25 bits per heavy atom. The van der Waals surface area contributed by atoms with Crippen molar-refractivity contribution in [3.8, 4) is 11.3 Å². The summed E-state index contributed by atoms with van der Waals surface area (Å²) in [6.07, 6.45) is -2.26. The number of sulfonamides is 1. The number of aromatic nitrogens is 1. The number of hydrogen-bond donors (Lipinski definition) is 1. The highest BCUT2D eigenvalue weighted by atomic mass is 32.2. The summed E-state index contributed by atoms with van der Waals surface area (Å²) < 4.78 is 70.4. The Balaban J connectivity index is 2.54. The first-order chi connectivity index (χ1) is 13.1. The first-order valence-corrected chi connectivity index (χ1v) is 9.53. The highest BCUT2D eigenvalue weighted by Gasteiger charge is 2.32. The molecule has 1 aromatic heterocycles. The van der Waals surface area contributed by atoms with Gasteiger partial charge in [0, 0.05) is 11.6 Å². The van der Waals surface area contributed by atoms with Crippen LogP contribution in [0, 0.1) is 0 Å². The van der Waals surface area contributed by atoms with Crippen LogP contribution in [0.2, 0.25) is 0 Å². The Morgan fingerprint density at radius 3 is 2.57 bits per heavy atom. The predicted octanol–water partition coefficient (Wildman–Crippen LogP) is 3.25. The number of benzene rings is 1. The van der Waals surface area contributed by atoms with Crippen LogP contribution in [0.4, 0.5) is 13.2 Å². The molecule has 0 saturated carbocycles. The van der Waals surface area contributed by atoms with E-state index in [9.17, 15) is 26.4 Å². The van der Waals surface area contributed by atoms with Crippen molar-refractivity contribution in [3.63, 3.8) is 0 Å². The molecule has 0 spiro atoms. The maximum Gasteiger partial charge on any atom is 0.416 e. The fraction of sp³-hybridized carbons (Fsp3) is 0.222. The Kier molecular flexibility index (Phi) is 6.57. The molecule has 0 atom stereocenters. The van der Waals surface area contributed by atoms with Crippen molar-refractivity contribution in [3.05, 3.63) is 53.7 Å². The zero-order valence-corrected chi connectivity index (χ0v) is 15.8. The van der Waals surface area contributed by atoms with E-state index in [1.165, 1.54) is 24.3 Å². The maximum atomic E-state index is 13.2. The zero-order valence-electron chi connectivity index (χ0n) is 14.9. The van der Waals surface area contributed by atoms with Gasteiger partial charge in [0.05, 0.1) is 28.5 Å². The molecule has 0 aliphatic rings. The number of nitrogens with one attached hydrogen (secondary N) is 1. The van der Waals surface area contributed by atoms with Crippen LogP contribution in [0.1, 0.15) is 18.2 Å². The molecular formula is C18H17F3N2O4S. The van der Waals surface area contributed by atoms with E-state index in [1.54, 1.807) is 6.92 Å². The van der Waals surface area contributed by atoms with Crippen LogP contribution >= 0.6 is 0 Å². The van der Waals surface area contributed by atoms with E-state index in [-0.39, 0.29) is 17.9 Å². The summed E-state index contributed by atoms with van der Waals surface area (Å²) >= 11 is 0. The SMILES string of the molecule is CCOC(=O)/C=C/c1cccc(-c2cc(C(F)(F)F)cc(S(=O)(=O)NC)c2)n1. The molecule has 1 aromatic carbocycles.